The second-order valence-corrected chi connectivity index (χ2v) is 12.7. The number of nitrogens with one attached hydrogen (secondary N) is 2. The Balaban J connectivity index is 1.27. The van der Waals surface area contributed by atoms with Gasteiger partial charge in [-0.1, -0.05) is 30.3 Å². The van der Waals surface area contributed by atoms with Crippen molar-refractivity contribution in [3.8, 4) is 11.3 Å². The molecule has 208 valence electrons. The van der Waals surface area contributed by atoms with Crippen LogP contribution < -0.4 is 15.5 Å². The van der Waals surface area contributed by atoms with Gasteiger partial charge in [0.05, 0.1) is 10.6 Å². The number of hydrogen-bond acceptors (Lipinski definition) is 7. The van der Waals surface area contributed by atoms with E-state index in [1.165, 1.54) is 0 Å². The van der Waals surface area contributed by atoms with E-state index >= 15 is 0 Å². The summed E-state index contributed by atoms with van der Waals surface area (Å²) in [5, 5.41) is 7.82. The van der Waals surface area contributed by atoms with Gasteiger partial charge >= 0.3 is 6.09 Å². The zero-order chi connectivity index (χ0) is 28.5. The molecule has 2 N–H and O–H groups in total. The lowest BCUT2D eigenvalue weighted by Gasteiger charge is -2.33. The highest BCUT2D eigenvalue weighted by atomic mass is 32.2. The van der Waals surface area contributed by atoms with Crippen LogP contribution in [0.25, 0.3) is 16.9 Å². The molecule has 3 heterocycles. The van der Waals surface area contributed by atoms with E-state index in [1.807, 2.05) is 65.0 Å². The first-order chi connectivity index (χ1) is 19.0. The molecule has 0 atom stereocenters. The molecule has 2 aromatic heterocycles. The lowest BCUT2D eigenvalue weighted by molar-refractivity contribution is 0.0203. The maximum absolute atomic E-state index is 13.1. The van der Waals surface area contributed by atoms with Crippen molar-refractivity contribution in [3.05, 3.63) is 66.9 Å². The number of piperidine rings is 1. The molecule has 1 aliphatic rings. The summed E-state index contributed by atoms with van der Waals surface area (Å²) in [6.45, 7) is 6.34. The monoisotopic (exact) mass is 560 g/mol. The van der Waals surface area contributed by atoms with E-state index in [1.54, 1.807) is 39.9 Å². The first kappa shape index (κ1) is 27.7. The van der Waals surface area contributed by atoms with Crippen molar-refractivity contribution >= 4 is 46.6 Å². The van der Waals surface area contributed by atoms with Crippen LogP contribution in [0.2, 0.25) is 0 Å². The summed E-state index contributed by atoms with van der Waals surface area (Å²) in [6.07, 6.45) is 2.43. The van der Waals surface area contributed by atoms with Gasteiger partial charge in [0.1, 0.15) is 19.3 Å². The zero-order valence-electron chi connectivity index (χ0n) is 23.1. The predicted molar refractivity (Wildman–Crippen MR) is 157 cm³/mol. The van der Waals surface area contributed by atoms with Gasteiger partial charge in [0.2, 0.25) is 10.0 Å². The molecule has 2 aromatic carbocycles. The van der Waals surface area contributed by atoms with E-state index in [2.05, 4.69) is 15.1 Å². The maximum Gasteiger partial charge on any atom is 0.410 e. The number of sulfonamides is 1. The first-order valence-electron chi connectivity index (χ1n) is 13.3. The van der Waals surface area contributed by atoms with Gasteiger partial charge in [-0.05, 0) is 63.3 Å². The molecule has 5 rings (SSSR count). The van der Waals surface area contributed by atoms with Gasteiger partial charge in [0.25, 0.3) is 0 Å². The van der Waals surface area contributed by atoms with Gasteiger partial charge in [0.15, 0.2) is 5.65 Å². The Morgan fingerprint density at radius 3 is 2.38 bits per heavy atom. The van der Waals surface area contributed by atoms with Crippen LogP contribution in [0.4, 0.5) is 16.3 Å². The number of likely N-dealkylation sites (tertiary alicyclic amines) is 1. The molecule has 1 aliphatic heterocycles. The third-order valence-electron chi connectivity index (χ3n) is 6.62. The van der Waals surface area contributed by atoms with Crippen molar-refractivity contribution in [1.82, 2.24) is 24.2 Å². The second-order valence-electron chi connectivity index (χ2n) is 11.0. The minimum atomic E-state index is -3.73. The average molecular weight is 560 g/mol. The van der Waals surface area contributed by atoms with Crippen molar-refractivity contribution in [3.63, 3.8) is 0 Å². The summed E-state index contributed by atoms with van der Waals surface area (Å²) in [4.78, 5) is 18.9. The van der Waals surface area contributed by atoms with E-state index < -0.39 is 15.6 Å². The van der Waals surface area contributed by atoms with E-state index in [4.69, 9.17) is 9.72 Å². The molecule has 0 spiro atoms. The number of benzene rings is 2. The lowest BCUT2D eigenvalue weighted by atomic mass is 10.0. The van der Waals surface area contributed by atoms with Crippen molar-refractivity contribution in [2.45, 2.75) is 50.2 Å². The van der Waals surface area contributed by atoms with E-state index in [9.17, 15) is 13.2 Å². The second kappa shape index (κ2) is 10.9. The normalized spacial score (nSPS) is 14.8. The molecule has 0 bridgehead atoms. The summed E-state index contributed by atoms with van der Waals surface area (Å²) in [6, 6.07) is 18.2. The Bertz CT molecular complexity index is 1610. The number of carbonyl (C=O) groups excluding carboxylic acids is 1. The molecule has 12 heteroatoms. The van der Waals surface area contributed by atoms with Gasteiger partial charge in [-0.15, -0.1) is 0 Å². The standard InChI is InChI=1S/C28H33BN6O4S/c1-28(2,3)39-27(36)34-15-13-21(14-16-34)33-40(37,38)22-11-9-20(10-12-22)31-25-17-24(19-7-5-4-6-8-19)32-26-23(29)18-30-35(25)26/h4-12,17-18,21,31,33H,13-16,29H2,1-3H3. The Morgan fingerprint density at radius 1 is 1.05 bits per heavy atom. The number of fused-ring (bicyclic) bond motifs is 1. The summed E-state index contributed by atoms with van der Waals surface area (Å²) >= 11 is 0. The van der Waals surface area contributed by atoms with E-state index in [0.29, 0.717) is 37.4 Å². The number of anilines is 2. The van der Waals surface area contributed by atoms with Crippen LogP contribution in [0.3, 0.4) is 0 Å². The zero-order valence-corrected chi connectivity index (χ0v) is 23.9. The smallest absolute Gasteiger partial charge is 0.410 e. The highest BCUT2D eigenvalue weighted by molar-refractivity contribution is 7.89. The molecule has 4 aromatic rings. The number of amides is 1. The fraction of sp³-hybridized carbons (Fsp3) is 0.321. The summed E-state index contributed by atoms with van der Waals surface area (Å²) in [5.74, 6) is 0.711. The van der Waals surface area contributed by atoms with Crippen molar-refractivity contribution in [2.75, 3.05) is 18.4 Å². The van der Waals surface area contributed by atoms with Crippen LogP contribution in [0, 0.1) is 0 Å². The average Bonchev–Trinajstić information content (AvgIpc) is 3.29. The third-order valence-corrected chi connectivity index (χ3v) is 8.16. The Labute approximate surface area is 235 Å². The van der Waals surface area contributed by atoms with Crippen molar-refractivity contribution in [1.29, 1.82) is 0 Å². The van der Waals surface area contributed by atoms with Gasteiger partial charge in [-0.2, -0.15) is 9.61 Å². The molecule has 1 fully saturated rings. The fourth-order valence-corrected chi connectivity index (χ4v) is 5.88. The minimum Gasteiger partial charge on any atom is -0.444 e. The van der Waals surface area contributed by atoms with Crippen LogP contribution in [0.1, 0.15) is 33.6 Å². The quantitative estimate of drug-likeness (QED) is 0.348. The minimum absolute atomic E-state index is 0.174. The number of aromatic nitrogens is 3. The maximum atomic E-state index is 13.1. The third kappa shape index (κ3) is 6.29. The van der Waals surface area contributed by atoms with Crippen LogP contribution >= 0.6 is 0 Å². The number of carbonyl (C=O) groups is 1. The molecule has 40 heavy (non-hydrogen) atoms. The van der Waals surface area contributed by atoms with Crippen LogP contribution in [0.15, 0.2) is 71.8 Å². The molecule has 0 saturated carbocycles. The molecule has 0 unspecified atom stereocenters. The fourth-order valence-electron chi connectivity index (χ4n) is 4.58. The van der Waals surface area contributed by atoms with Gasteiger partial charge in [-0.25, -0.2) is 22.9 Å². The molecule has 0 radical (unpaired) electrons. The molecule has 1 saturated heterocycles. The Hall–Kier alpha value is -3.90. The van der Waals surface area contributed by atoms with Gasteiger partial charge < -0.3 is 15.0 Å². The number of rotatable bonds is 6. The summed E-state index contributed by atoms with van der Waals surface area (Å²) in [7, 11) is -1.77. The molecule has 0 aliphatic carbocycles. The highest BCUT2D eigenvalue weighted by Gasteiger charge is 2.29. The first-order valence-corrected chi connectivity index (χ1v) is 14.7. The van der Waals surface area contributed by atoms with E-state index in [0.717, 1.165) is 22.4 Å². The summed E-state index contributed by atoms with van der Waals surface area (Å²) < 4.78 is 36.1. The largest absolute Gasteiger partial charge is 0.444 e. The summed E-state index contributed by atoms with van der Waals surface area (Å²) in [5.41, 5.74) is 3.62. The van der Waals surface area contributed by atoms with Gasteiger partial charge in [0, 0.05) is 42.6 Å². The van der Waals surface area contributed by atoms with Crippen LogP contribution in [0.5, 0.6) is 0 Å². The van der Waals surface area contributed by atoms with Crippen LogP contribution in [-0.2, 0) is 14.8 Å². The number of nitrogens with zero attached hydrogens (tertiary/aromatic N) is 4. The van der Waals surface area contributed by atoms with Crippen molar-refractivity contribution < 1.29 is 17.9 Å². The molecular weight excluding hydrogens is 527 g/mol. The Morgan fingerprint density at radius 2 is 1.73 bits per heavy atom. The number of hydrogen-bond donors (Lipinski definition) is 2. The predicted octanol–water partition coefficient (Wildman–Crippen LogP) is 3.08. The lowest BCUT2D eigenvalue weighted by Crippen LogP contribution is -2.47. The highest BCUT2D eigenvalue weighted by Crippen LogP contribution is 2.25. The number of ether oxygens (including phenoxy) is 1. The van der Waals surface area contributed by atoms with Crippen LogP contribution in [-0.4, -0.2) is 66.6 Å². The Kier molecular flexibility index (Phi) is 7.56. The topological polar surface area (TPSA) is 118 Å². The molecular formula is C28H33BN6O4S. The van der Waals surface area contributed by atoms with Gasteiger partial charge in [-0.3, -0.25) is 0 Å². The SMILES string of the molecule is Bc1cnn2c(Nc3ccc(S(=O)(=O)NC4CCN(C(=O)OC(C)(C)C)CC4)cc3)cc(-c3ccccc3)nc12. The molecule has 1 amide bonds. The molecule has 10 nitrogen and oxygen atoms in total. The van der Waals surface area contributed by atoms with Crippen molar-refractivity contribution in [2.24, 2.45) is 0 Å². The van der Waals surface area contributed by atoms with E-state index in [-0.39, 0.29) is 17.0 Å².